The van der Waals surface area contributed by atoms with Gasteiger partial charge in [-0.25, -0.2) is 0 Å². The Morgan fingerprint density at radius 3 is 2.86 bits per heavy atom. The highest BCUT2D eigenvalue weighted by molar-refractivity contribution is 6.30. The zero-order valence-corrected chi connectivity index (χ0v) is 13.9. The normalized spacial score (nSPS) is 26.1. The van der Waals surface area contributed by atoms with Gasteiger partial charge in [-0.05, 0) is 50.6 Å². The van der Waals surface area contributed by atoms with Crippen LogP contribution in [0.15, 0.2) is 18.2 Å². The molecule has 21 heavy (non-hydrogen) atoms. The Hall–Kier alpha value is -0.770. The Kier molecular flexibility index (Phi) is 4.72. The second kappa shape index (κ2) is 6.55. The van der Waals surface area contributed by atoms with Gasteiger partial charge in [-0.3, -0.25) is 4.90 Å². The first-order valence-electron chi connectivity index (χ1n) is 8.15. The minimum Gasteiger partial charge on any atom is -0.370 e. The first-order valence-corrected chi connectivity index (χ1v) is 8.53. The molecule has 3 rings (SSSR count). The molecule has 0 aromatic heterocycles. The van der Waals surface area contributed by atoms with Crippen molar-refractivity contribution in [3.8, 4) is 0 Å². The van der Waals surface area contributed by atoms with E-state index in [4.69, 9.17) is 11.6 Å². The first kappa shape index (κ1) is 15.1. The van der Waals surface area contributed by atoms with Crippen LogP contribution in [0, 0.1) is 0 Å². The highest BCUT2D eigenvalue weighted by Gasteiger charge is 2.35. The number of halogens is 1. The molecule has 0 radical (unpaired) electrons. The van der Waals surface area contributed by atoms with Crippen LogP contribution in [-0.2, 0) is 6.54 Å². The zero-order valence-electron chi connectivity index (χ0n) is 13.1. The molecule has 2 bridgehead atoms. The number of benzene rings is 1. The molecule has 2 atom stereocenters. The second-order valence-corrected chi connectivity index (χ2v) is 6.77. The summed E-state index contributed by atoms with van der Waals surface area (Å²) in [6.45, 7) is 6.34. The van der Waals surface area contributed by atoms with Gasteiger partial charge in [0.1, 0.15) is 0 Å². The van der Waals surface area contributed by atoms with Gasteiger partial charge in [0, 0.05) is 42.4 Å². The van der Waals surface area contributed by atoms with E-state index in [2.05, 4.69) is 41.2 Å². The van der Waals surface area contributed by atoms with Crippen molar-refractivity contribution in [1.29, 1.82) is 0 Å². The maximum absolute atomic E-state index is 6.26. The van der Waals surface area contributed by atoms with Gasteiger partial charge in [-0.2, -0.15) is 0 Å². The Morgan fingerprint density at radius 1 is 1.24 bits per heavy atom. The predicted octanol–water partition coefficient (Wildman–Crippen LogP) is 3.12. The molecule has 0 aliphatic carbocycles. The molecule has 2 saturated heterocycles. The monoisotopic (exact) mass is 307 g/mol. The van der Waals surface area contributed by atoms with Crippen molar-refractivity contribution in [3.63, 3.8) is 0 Å². The van der Waals surface area contributed by atoms with Crippen LogP contribution in [-0.4, -0.2) is 43.7 Å². The van der Waals surface area contributed by atoms with Crippen molar-refractivity contribution < 1.29 is 0 Å². The van der Waals surface area contributed by atoms with E-state index in [-0.39, 0.29) is 0 Å². The maximum Gasteiger partial charge on any atom is 0.0427 e. The third-order valence-electron chi connectivity index (χ3n) is 5.10. The van der Waals surface area contributed by atoms with Crippen LogP contribution in [0.1, 0.15) is 31.7 Å². The van der Waals surface area contributed by atoms with E-state index >= 15 is 0 Å². The Labute approximate surface area is 133 Å². The summed E-state index contributed by atoms with van der Waals surface area (Å²) < 4.78 is 0. The van der Waals surface area contributed by atoms with Crippen LogP contribution in [0.2, 0.25) is 5.02 Å². The van der Waals surface area contributed by atoms with Crippen molar-refractivity contribution in [2.24, 2.45) is 0 Å². The van der Waals surface area contributed by atoms with Crippen LogP contribution in [0.3, 0.4) is 0 Å². The number of likely N-dealkylation sites (N-methyl/N-ethyl adjacent to an activating group) is 1. The number of anilines is 1. The predicted molar refractivity (Wildman–Crippen MR) is 90.2 cm³/mol. The second-order valence-electron chi connectivity index (χ2n) is 6.34. The molecule has 4 heteroatoms. The smallest absolute Gasteiger partial charge is 0.0427 e. The molecule has 2 aliphatic rings. The summed E-state index contributed by atoms with van der Waals surface area (Å²) >= 11 is 6.26. The number of fused-ring (bicyclic) bond motifs is 2. The van der Waals surface area contributed by atoms with Crippen LogP contribution < -0.4 is 10.2 Å². The number of nitrogens with one attached hydrogen (secondary N) is 1. The van der Waals surface area contributed by atoms with E-state index in [1.165, 1.54) is 30.5 Å². The summed E-state index contributed by atoms with van der Waals surface area (Å²) in [5.41, 5.74) is 2.69. The number of nitrogens with zero attached hydrogens (tertiary/aromatic N) is 2. The number of hydrogen-bond donors (Lipinski definition) is 1. The minimum atomic E-state index is 0.698. The SMILES string of the molecule is CCNCc1ccc(Cl)cc1N1CCC2CCC(C1)N2C. The largest absolute Gasteiger partial charge is 0.370 e. The van der Waals surface area contributed by atoms with Gasteiger partial charge >= 0.3 is 0 Å². The molecule has 3 nitrogen and oxygen atoms in total. The molecular weight excluding hydrogens is 282 g/mol. The molecule has 0 saturated carbocycles. The van der Waals surface area contributed by atoms with Crippen LogP contribution >= 0.6 is 11.6 Å². The lowest BCUT2D eigenvalue weighted by atomic mass is 10.1. The number of rotatable bonds is 4. The van der Waals surface area contributed by atoms with Gasteiger partial charge in [0.05, 0.1) is 0 Å². The fourth-order valence-electron chi connectivity index (χ4n) is 3.77. The fourth-order valence-corrected chi connectivity index (χ4v) is 3.93. The highest BCUT2D eigenvalue weighted by Crippen LogP contribution is 2.33. The Bertz CT molecular complexity index is 491. The van der Waals surface area contributed by atoms with Crippen molar-refractivity contribution in [3.05, 3.63) is 28.8 Å². The molecule has 1 aromatic rings. The molecule has 1 N–H and O–H groups in total. The third kappa shape index (κ3) is 3.20. The van der Waals surface area contributed by atoms with E-state index in [0.717, 1.165) is 37.2 Å². The molecule has 2 fully saturated rings. The summed E-state index contributed by atoms with van der Waals surface area (Å²) in [6.07, 6.45) is 3.97. The van der Waals surface area contributed by atoms with Crippen molar-refractivity contribution in [2.75, 3.05) is 31.6 Å². The summed E-state index contributed by atoms with van der Waals surface area (Å²) in [5.74, 6) is 0. The average Bonchev–Trinajstić information content (AvgIpc) is 2.71. The fraction of sp³-hybridized carbons (Fsp3) is 0.647. The summed E-state index contributed by atoms with van der Waals surface area (Å²) in [4.78, 5) is 5.15. The van der Waals surface area contributed by atoms with E-state index in [1.54, 1.807) is 0 Å². The molecule has 0 spiro atoms. The minimum absolute atomic E-state index is 0.698. The van der Waals surface area contributed by atoms with Crippen LogP contribution in [0.4, 0.5) is 5.69 Å². The highest BCUT2D eigenvalue weighted by atomic mass is 35.5. The lowest BCUT2D eigenvalue weighted by Crippen LogP contribution is -2.37. The van der Waals surface area contributed by atoms with Gasteiger partial charge in [0.15, 0.2) is 0 Å². The van der Waals surface area contributed by atoms with Crippen molar-refractivity contribution >= 4 is 17.3 Å². The van der Waals surface area contributed by atoms with E-state index in [1.807, 2.05) is 6.07 Å². The molecule has 2 heterocycles. The van der Waals surface area contributed by atoms with Gasteiger partial charge < -0.3 is 10.2 Å². The quantitative estimate of drug-likeness (QED) is 0.922. The zero-order chi connectivity index (χ0) is 14.8. The summed E-state index contributed by atoms with van der Waals surface area (Å²) in [7, 11) is 2.29. The summed E-state index contributed by atoms with van der Waals surface area (Å²) in [5, 5.41) is 4.28. The van der Waals surface area contributed by atoms with E-state index in [9.17, 15) is 0 Å². The average molecular weight is 308 g/mol. The maximum atomic E-state index is 6.26. The van der Waals surface area contributed by atoms with Gasteiger partial charge in [0.2, 0.25) is 0 Å². The molecule has 2 unspecified atom stereocenters. The Morgan fingerprint density at radius 2 is 2.05 bits per heavy atom. The van der Waals surface area contributed by atoms with E-state index < -0.39 is 0 Å². The topological polar surface area (TPSA) is 18.5 Å². The van der Waals surface area contributed by atoms with Crippen LogP contribution in [0.25, 0.3) is 0 Å². The third-order valence-corrected chi connectivity index (χ3v) is 5.34. The first-order chi connectivity index (χ1) is 10.2. The van der Waals surface area contributed by atoms with E-state index in [0.29, 0.717) is 6.04 Å². The van der Waals surface area contributed by atoms with Gasteiger partial charge in [-0.15, -0.1) is 0 Å². The number of hydrogen-bond acceptors (Lipinski definition) is 3. The lowest BCUT2D eigenvalue weighted by Gasteiger charge is -2.29. The summed E-state index contributed by atoms with van der Waals surface area (Å²) in [6, 6.07) is 7.80. The van der Waals surface area contributed by atoms with Crippen molar-refractivity contribution in [2.45, 2.75) is 44.8 Å². The molecular formula is C17H26ClN3. The van der Waals surface area contributed by atoms with Gasteiger partial charge in [0.25, 0.3) is 0 Å². The van der Waals surface area contributed by atoms with Gasteiger partial charge in [-0.1, -0.05) is 24.6 Å². The molecule has 116 valence electrons. The lowest BCUT2D eigenvalue weighted by molar-refractivity contribution is 0.254. The van der Waals surface area contributed by atoms with Crippen molar-refractivity contribution in [1.82, 2.24) is 10.2 Å². The molecule has 2 aliphatic heterocycles. The molecule has 1 aromatic carbocycles. The standard InChI is InChI=1S/C17H26ClN3/c1-3-19-11-13-4-5-14(18)10-17(13)21-9-8-15-6-7-16(12-21)20(15)2/h4-5,10,15-16,19H,3,6-9,11-12H2,1-2H3. The van der Waals surface area contributed by atoms with Crippen LogP contribution in [0.5, 0.6) is 0 Å². The Balaban J connectivity index is 1.83. The molecule has 0 amide bonds.